The molecular formula is C23H27FN2O2. The minimum Gasteiger partial charge on any atom is -0.497 e. The Morgan fingerprint density at radius 1 is 1.21 bits per heavy atom. The van der Waals surface area contributed by atoms with E-state index in [-0.39, 0.29) is 17.3 Å². The molecule has 1 N–H and O–H groups in total. The molecule has 148 valence electrons. The van der Waals surface area contributed by atoms with Gasteiger partial charge in [0.25, 0.3) is 5.91 Å². The molecule has 0 saturated carbocycles. The van der Waals surface area contributed by atoms with E-state index in [1.54, 1.807) is 7.11 Å². The number of hydrogen-bond acceptors (Lipinski definition) is 3. The molecule has 1 saturated heterocycles. The van der Waals surface area contributed by atoms with Crippen LogP contribution in [0.3, 0.4) is 0 Å². The van der Waals surface area contributed by atoms with Gasteiger partial charge in [-0.2, -0.15) is 0 Å². The molecule has 4 nitrogen and oxygen atoms in total. The number of methoxy groups -OCH3 is 1. The maximum Gasteiger partial charge on any atom is 0.252 e. The number of benzene rings is 2. The van der Waals surface area contributed by atoms with Crippen molar-refractivity contribution in [3.63, 3.8) is 0 Å². The first-order chi connectivity index (χ1) is 13.5. The van der Waals surface area contributed by atoms with Crippen LogP contribution in [0, 0.1) is 5.82 Å². The fourth-order valence-corrected chi connectivity index (χ4v) is 4.53. The normalized spacial score (nSPS) is 23.2. The summed E-state index contributed by atoms with van der Waals surface area (Å²) in [6.07, 6.45) is 3.66. The lowest BCUT2D eigenvalue weighted by atomic mass is 9.91. The van der Waals surface area contributed by atoms with Gasteiger partial charge in [0.05, 0.1) is 12.6 Å². The molecule has 0 unspecified atom stereocenters. The highest BCUT2D eigenvalue weighted by atomic mass is 19.1. The summed E-state index contributed by atoms with van der Waals surface area (Å²) in [5.74, 6) is 0.513. The third-order valence-corrected chi connectivity index (χ3v) is 6.26. The van der Waals surface area contributed by atoms with E-state index in [4.69, 9.17) is 4.74 Å². The van der Waals surface area contributed by atoms with E-state index in [0.29, 0.717) is 11.8 Å². The monoisotopic (exact) mass is 382 g/mol. The second-order valence-corrected chi connectivity index (χ2v) is 8.16. The van der Waals surface area contributed by atoms with Gasteiger partial charge in [-0.15, -0.1) is 0 Å². The van der Waals surface area contributed by atoms with Gasteiger partial charge < -0.3 is 10.1 Å². The highest BCUT2D eigenvalue weighted by Gasteiger charge is 2.42. The standard InChI is InChI=1S/C23H27FN2O2/c1-16(13-17-3-6-19(24)7-4-17)26-12-11-23(15-26)10-9-18-5-8-20(28-2)14-21(18)22(27)25-23/h3-8,14,16H,9-13,15H2,1-2H3,(H,25,27)/t16-,23-/m0/s1. The topological polar surface area (TPSA) is 41.6 Å². The summed E-state index contributed by atoms with van der Waals surface area (Å²) in [5.41, 5.74) is 2.78. The highest BCUT2D eigenvalue weighted by molar-refractivity contribution is 5.97. The molecule has 2 aromatic carbocycles. The number of hydrogen-bond donors (Lipinski definition) is 1. The fourth-order valence-electron chi connectivity index (χ4n) is 4.53. The number of nitrogens with zero attached hydrogens (tertiary/aromatic N) is 1. The van der Waals surface area contributed by atoms with Gasteiger partial charge in [-0.25, -0.2) is 4.39 Å². The zero-order valence-electron chi connectivity index (χ0n) is 16.5. The van der Waals surface area contributed by atoms with Crippen molar-refractivity contribution in [2.75, 3.05) is 20.2 Å². The lowest BCUT2D eigenvalue weighted by Crippen LogP contribution is -2.50. The number of ether oxygens (including phenoxy) is 1. The third-order valence-electron chi connectivity index (χ3n) is 6.26. The van der Waals surface area contributed by atoms with Crippen LogP contribution in [-0.2, 0) is 12.8 Å². The average molecular weight is 382 g/mol. The van der Waals surface area contributed by atoms with Crippen LogP contribution < -0.4 is 10.1 Å². The molecule has 2 aliphatic rings. The van der Waals surface area contributed by atoms with E-state index in [1.807, 2.05) is 30.3 Å². The van der Waals surface area contributed by atoms with Crippen LogP contribution >= 0.6 is 0 Å². The molecule has 0 bridgehead atoms. The zero-order valence-corrected chi connectivity index (χ0v) is 16.5. The Morgan fingerprint density at radius 3 is 2.75 bits per heavy atom. The van der Waals surface area contributed by atoms with Crippen molar-refractivity contribution in [3.05, 3.63) is 65.0 Å². The molecule has 0 radical (unpaired) electrons. The summed E-state index contributed by atoms with van der Waals surface area (Å²) in [6, 6.07) is 12.9. The molecule has 28 heavy (non-hydrogen) atoms. The molecular weight excluding hydrogens is 355 g/mol. The largest absolute Gasteiger partial charge is 0.497 e. The Morgan fingerprint density at radius 2 is 2.00 bits per heavy atom. The van der Waals surface area contributed by atoms with Crippen LogP contribution in [0.2, 0.25) is 0 Å². The van der Waals surface area contributed by atoms with Crippen molar-refractivity contribution in [2.24, 2.45) is 0 Å². The molecule has 1 amide bonds. The number of fused-ring (bicyclic) bond motifs is 1. The second kappa shape index (κ2) is 7.55. The van der Waals surface area contributed by atoms with Crippen molar-refractivity contribution in [1.29, 1.82) is 0 Å². The minimum absolute atomic E-state index is 0.000521. The Hall–Kier alpha value is -2.40. The molecule has 2 aromatic rings. The van der Waals surface area contributed by atoms with Crippen molar-refractivity contribution in [3.8, 4) is 5.75 Å². The molecule has 2 atom stereocenters. The summed E-state index contributed by atoms with van der Waals surface area (Å²) in [5, 5.41) is 3.33. The molecule has 0 aromatic heterocycles. The molecule has 2 aliphatic heterocycles. The SMILES string of the molecule is COc1ccc2c(c1)C(=O)N[C@@]1(CC2)CCN([C@@H](C)Cc2ccc(F)cc2)C1. The summed E-state index contributed by atoms with van der Waals surface area (Å²) >= 11 is 0. The Kier molecular flexibility index (Phi) is 5.11. The maximum atomic E-state index is 13.1. The van der Waals surface area contributed by atoms with Gasteiger partial charge in [-0.3, -0.25) is 9.69 Å². The number of amides is 1. The minimum atomic E-state index is -0.200. The van der Waals surface area contributed by atoms with Gasteiger partial charge in [0.15, 0.2) is 0 Å². The van der Waals surface area contributed by atoms with Crippen LogP contribution in [0.25, 0.3) is 0 Å². The maximum absolute atomic E-state index is 13.1. The van der Waals surface area contributed by atoms with Crippen molar-refractivity contribution in [1.82, 2.24) is 10.2 Å². The Balaban J connectivity index is 1.45. The van der Waals surface area contributed by atoms with Crippen molar-refractivity contribution in [2.45, 2.75) is 44.2 Å². The van der Waals surface area contributed by atoms with Gasteiger partial charge in [-0.1, -0.05) is 18.2 Å². The molecule has 2 heterocycles. The predicted molar refractivity (Wildman–Crippen MR) is 107 cm³/mol. The first kappa shape index (κ1) is 18.9. The predicted octanol–water partition coefficient (Wildman–Crippen LogP) is 3.59. The number of rotatable bonds is 4. The molecule has 0 aliphatic carbocycles. The Labute approximate surface area is 165 Å². The Bertz CT molecular complexity index is 867. The number of nitrogens with one attached hydrogen (secondary N) is 1. The van der Waals surface area contributed by atoms with E-state index < -0.39 is 0 Å². The van der Waals surface area contributed by atoms with Crippen molar-refractivity contribution >= 4 is 5.91 Å². The molecule has 1 fully saturated rings. The lowest BCUT2D eigenvalue weighted by Gasteiger charge is -2.31. The van der Waals surface area contributed by atoms with Gasteiger partial charge in [-0.05, 0) is 68.0 Å². The lowest BCUT2D eigenvalue weighted by molar-refractivity contribution is 0.0898. The summed E-state index contributed by atoms with van der Waals surface area (Å²) < 4.78 is 18.4. The van der Waals surface area contributed by atoms with Crippen LogP contribution in [-0.4, -0.2) is 42.6 Å². The first-order valence-electron chi connectivity index (χ1n) is 9.96. The number of aryl methyl sites for hydroxylation is 1. The summed E-state index contributed by atoms with van der Waals surface area (Å²) in [6.45, 7) is 4.02. The van der Waals surface area contributed by atoms with E-state index in [2.05, 4.69) is 17.1 Å². The zero-order chi connectivity index (χ0) is 19.7. The van der Waals surface area contributed by atoms with Crippen LogP contribution in [0.5, 0.6) is 5.75 Å². The summed E-state index contributed by atoms with van der Waals surface area (Å²) in [7, 11) is 1.62. The molecule has 4 rings (SSSR count). The van der Waals surface area contributed by atoms with Crippen LogP contribution in [0.15, 0.2) is 42.5 Å². The molecule has 1 spiro atoms. The van der Waals surface area contributed by atoms with Gasteiger partial charge in [0, 0.05) is 24.7 Å². The summed E-state index contributed by atoms with van der Waals surface area (Å²) in [4.78, 5) is 15.4. The van der Waals surface area contributed by atoms with Crippen molar-refractivity contribution < 1.29 is 13.9 Å². The first-order valence-corrected chi connectivity index (χ1v) is 9.96. The smallest absolute Gasteiger partial charge is 0.252 e. The number of likely N-dealkylation sites (tertiary alicyclic amines) is 1. The molecule has 5 heteroatoms. The second-order valence-electron chi connectivity index (χ2n) is 8.16. The number of halogens is 1. The fraction of sp³-hybridized carbons (Fsp3) is 0.435. The average Bonchev–Trinajstić information content (AvgIpc) is 3.06. The van der Waals surface area contributed by atoms with Gasteiger partial charge in [0.2, 0.25) is 0 Å². The van der Waals surface area contributed by atoms with Gasteiger partial charge >= 0.3 is 0 Å². The number of carbonyl (C=O) groups excluding carboxylic acids is 1. The third kappa shape index (κ3) is 3.76. The van der Waals surface area contributed by atoms with E-state index >= 15 is 0 Å². The number of carbonyl (C=O) groups is 1. The highest BCUT2D eigenvalue weighted by Crippen LogP contribution is 2.33. The van der Waals surface area contributed by atoms with E-state index in [1.165, 1.54) is 12.1 Å². The van der Waals surface area contributed by atoms with Crippen LogP contribution in [0.1, 0.15) is 41.3 Å². The van der Waals surface area contributed by atoms with E-state index in [9.17, 15) is 9.18 Å². The quantitative estimate of drug-likeness (QED) is 0.879. The van der Waals surface area contributed by atoms with Gasteiger partial charge in [0.1, 0.15) is 11.6 Å². The van der Waals surface area contributed by atoms with Crippen LogP contribution in [0.4, 0.5) is 4.39 Å². The van der Waals surface area contributed by atoms with E-state index in [0.717, 1.165) is 55.5 Å².